The minimum absolute atomic E-state index is 0.346. The Bertz CT molecular complexity index is 136. The molecule has 1 saturated heterocycles. The second kappa shape index (κ2) is 3.37. The molecular weight excluding hydrogens is 146 g/mol. The van der Waals surface area contributed by atoms with Crippen LogP contribution in [0.5, 0.6) is 0 Å². The van der Waals surface area contributed by atoms with Crippen LogP contribution in [0.3, 0.4) is 0 Å². The van der Waals surface area contributed by atoms with E-state index in [2.05, 4.69) is 39.5 Å². The van der Waals surface area contributed by atoms with Crippen LogP contribution in [0.15, 0.2) is 0 Å². The molecule has 72 valence electrons. The van der Waals surface area contributed by atoms with Crippen molar-refractivity contribution in [1.82, 2.24) is 4.90 Å². The maximum absolute atomic E-state index is 2.66. The predicted octanol–water partition coefficient (Wildman–Crippen LogP) is 3.05. The summed E-state index contributed by atoms with van der Waals surface area (Å²) in [6, 6.07) is 1.54. The molecule has 1 fully saturated rings. The molecule has 12 heavy (non-hydrogen) atoms. The Morgan fingerprint density at radius 3 is 1.67 bits per heavy atom. The number of hydrogen-bond acceptors (Lipinski definition) is 1. The molecule has 0 aromatic heterocycles. The fraction of sp³-hybridized carbons (Fsp3) is 1.00. The van der Waals surface area contributed by atoms with Gasteiger partial charge in [-0.25, -0.2) is 0 Å². The average molecular weight is 169 g/mol. The molecule has 0 aromatic rings. The maximum Gasteiger partial charge on any atom is 0.0130 e. The fourth-order valence-corrected chi connectivity index (χ4v) is 2.74. The number of rotatable bonds is 0. The lowest BCUT2D eigenvalue weighted by molar-refractivity contribution is 0.0163. The topological polar surface area (TPSA) is 3.24 Å². The molecule has 1 aliphatic rings. The van der Waals surface area contributed by atoms with E-state index < -0.39 is 0 Å². The SMILES string of the molecule is C[C@@H]1CCC[C@H](C)N1C(C)(C)C. The molecule has 0 aliphatic carbocycles. The molecule has 0 N–H and O–H groups in total. The van der Waals surface area contributed by atoms with Crippen molar-refractivity contribution in [2.75, 3.05) is 0 Å². The summed E-state index contributed by atoms with van der Waals surface area (Å²) in [6.45, 7) is 11.7. The van der Waals surface area contributed by atoms with Gasteiger partial charge in [0, 0.05) is 17.6 Å². The van der Waals surface area contributed by atoms with Crippen molar-refractivity contribution in [3.63, 3.8) is 0 Å². The molecule has 1 aliphatic heterocycles. The molecule has 1 heterocycles. The van der Waals surface area contributed by atoms with E-state index >= 15 is 0 Å². The number of piperidine rings is 1. The lowest BCUT2D eigenvalue weighted by Gasteiger charge is -2.47. The van der Waals surface area contributed by atoms with Gasteiger partial charge >= 0.3 is 0 Å². The van der Waals surface area contributed by atoms with Gasteiger partial charge in [0.05, 0.1) is 0 Å². The maximum atomic E-state index is 2.66. The van der Waals surface area contributed by atoms with Crippen LogP contribution >= 0.6 is 0 Å². The van der Waals surface area contributed by atoms with E-state index in [1.54, 1.807) is 0 Å². The quantitative estimate of drug-likeness (QED) is 0.539. The summed E-state index contributed by atoms with van der Waals surface area (Å²) in [5.74, 6) is 0. The lowest BCUT2D eigenvalue weighted by atomic mass is 9.91. The van der Waals surface area contributed by atoms with E-state index in [0.717, 1.165) is 12.1 Å². The Labute approximate surface area is 77.1 Å². The third-order valence-corrected chi connectivity index (χ3v) is 2.97. The highest BCUT2D eigenvalue weighted by molar-refractivity contribution is 4.88. The Hall–Kier alpha value is -0.0400. The van der Waals surface area contributed by atoms with Crippen molar-refractivity contribution in [1.29, 1.82) is 0 Å². The van der Waals surface area contributed by atoms with Gasteiger partial charge in [0.2, 0.25) is 0 Å². The van der Waals surface area contributed by atoms with Crippen molar-refractivity contribution < 1.29 is 0 Å². The number of nitrogens with zero attached hydrogens (tertiary/aromatic N) is 1. The summed E-state index contributed by atoms with van der Waals surface area (Å²) in [5.41, 5.74) is 0.346. The van der Waals surface area contributed by atoms with Crippen LogP contribution in [-0.4, -0.2) is 22.5 Å². The van der Waals surface area contributed by atoms with Crippen LogP contribution in [0, 0.1) is 0 Å². The molecule has 0 amide bonds. The van der Waals surface area contributed by atoms with E-state index in [4.69, 9.17) is 0 Å². The molecule has 1 nitrogen and oxygen atoms in total. The average Bonchev–Trinajstić information content (AvgIpc) is 1.82. The summed E-state index contributed by atoms with van der Waals surface area (Å²) in [5, 5.41) is 0. The molecule has 0 unspecified atom stereocenters. The molecule has 0 spiro atoms. The van der Waals surface area contributed by atoms with Crippen molar-refractivity contribution in [2.24, 2.45) is 0 Å². The van der Waals surface area contributed by atoms with Crippen molar-refractivity contribution >= 4 is 0 Å². The smallest absolute Gasteiger partial charge is 0.0130 e. The van der Waals surface area contributed by atoms with E-state index in [1.165, 1.54) is 19.3 Å². The third-order valence-electron chi connectivity index (χ3n) is 2.97. The minimum atomic E-state index is 0.346. The molecule has 1 heteroatoms. The van der Waals surface area contributed by atoms with E-state index in [9.17, 15) is 0 Å². The first-order valence-corrected chi connectivity index (χ1v) is 5.21. The van der Waals surface area contributed by atoms with Crippen LogP contribution < -0.4 is 0 Å². The molecule has 0 radical (unpaired) electrons. The third kappa shape index (κ3) is 2.01. The van der Waals surface area contributed by atoms with E-state index in [-0.39, 0.29) is 0 Å². The monoisotopic (exact) mass is 169 g/mol. The second-order valence-electron chi connectivity index (χ2n) is 5.21. The fourth-order valence-electron chi connectivity index (χ4n) is 2.74. The lowest BCUT2D eigenvalue weighted by Crippen LogP contribution is -2.53. The molecule has 0 aromatic carbocycles. The molecule has 0 saturated carbocycles. The van der Waals surface area contributed by atoms with Crippen molar-refractivity contribution in [2.45, 2.75) is 71.5 Å². The van der Waals surface area contributed by atoms with Gasteiger partial charge in [-0.3, -0.25) is 4.90 Å². The molecule has 2 atom stereocenters. The zero-order chi connectivity index (χ0) is 9.35. The van der Waals surface area contributed by atoms with E-state index in [1.807, 2.05) is 0 Å². The minimum Gasteiger partial charge on any atom is -0.293 e. The van der Waals surface area contributed by atoms with Gasteiger partial charge in [0.15, 0.2) is 0 Å². The molecule has 1 rings (SSSR count). The van der Waals surface area contributed by atoms with Gasteiger partial charge in [-0.05, 0) is 47.5 Å². The van der Waals surface area contributed by atoms with Gasteiger partial charge in [0.25, 0.3) is 0 Å². The first kappa shape index (κ1) is 10.0. The Kier molecular flexibility index (Phi) is 2.82. The van der Waals surface area contributed by atoms with Gasteiger partial charge in [-0.15, -0.1) is 0 Å². The van der Waals surface area contributed by atoms with Gasteiger partial charge in [-0.2, -0.15) is 0 Å². The van der Waals surface area contributed by atoms with E-state index in [0.29, 0.717) is 5.54 Å². The molecular formula is C11H23N. The van der Waals surface area contributed by atoms with Crippen molar-refractivity contribution in [3.8, 4) is 0 Å². The first-order valence-electron chi connectivity index (χ1n) is 5.21. The highest BCUT2D eigenvalue weighted by Crippen LogP contribution is 2.29. The standard InChI is InChI=1S/C11H23N/c1-9-7-6-8-10(2)12(9)11(3,4)5/h9-10H,6-8H2,1-5H3/t9-,10+. The second-order valence-corrected chi connectivity index (χ2v) is 5.21. The number of hydrogen-bond donors (Lipinski definition) is 0. The van der Waals surface area contributed by atoms with Crippen LogP contribution in [0.25, 0.3) is 0 Å². The van der Waals surface area contributed by atoms with Crippen LogP contribution in [0.1, 0.15) is 53.9 Å². The molecule has 0 bridgehead atoms. The van der Waals surface area contributed by atoms with Gasteiger partial charge < -0.3 is 0 Å². The summed E-state index contributed by atoms with van der Waals surface area (Å²) in [6.07, 6.45) is 4.16. The largest absolute Gasteiger partial charge is 0.293 e. The highest BCUT2D eigenvalue weighted by Gasteiger charge is 2.32. The van der Waals surface area contributed by atoms with Gasteiger partial charge in [-0.1, -0.05) is 6.42 Å². The Morgan fingerprint density at radius 1 is 1.00 bits per heavy atom. The Morgan fingerprint density at radius 2 is 1.42 bits per heavy atom. The zero-order valence-electron chi connectivity index (χ0n) is 9.22. The normalized spacial score (nSPS) is 33.8. The summed E-state index contributed by atoms with van der Waals surface area (Å²) < 4.78 is 0. The predicted molar refractivity (Wildman–Crippen MR) is 54.4 cm³/mol. The first-order chi connectivity index (χ1) is 5.43. The highest BCUT2D eigenvalue weighted by atomic mass is 15.2. The van der Waals surface area contributed by atoms with Crippen LogP contribution in [0.2, 0.25) is 0 Å². The summed E-state index contributed by atoms with van der Waals surface area (Å²) >= 11 is 0. The zero-order valence-corrected chi connectivity index (χ0v) is 9.22. The van der Waals surface area contributed by atoms with Crippen LogP contribution in [-0.2, 0) is 0 Å². The summed E-state index contributed by atoms with van der Waals surface area (Å²) in [7, 11) is 0. The van der Waals surface area contributed by atoms with Crippen LogP contribution in [0.4, 0.5) is 0 Å². The van der Waals surface area contributed by atoms with Crippen molar-refractivity contribution in [3.05, 3.63) is 0 Å². The number of likely N-dealkylation sites (tertiary alicyclic amines) is 1. The summed E-state index contributed by atoms with van der Waals surface area (Å²) in [4.78, 5) is 2.66. The Balaban J connectivity index is 2.69. The van der Waals surface area contributed by atoms with Gasteiger partial charge in [0.1, 0.15) is 0 Å².